The van der Waals surface area contributed by atoms with Crippen LogP contribution in [0.2, 0.25) is 0 Å². The Balaban J connectivity index is 1.74. The molecule has 3 rings (SSSR count). The normalized spacial score (nSPS) is 29.2. The number of nitrogens with zero attached hydrogens (tertiary/aromatic N) is 1. The summed E-state index contributed by atoms with van der Waals surface area (Å²) >= 11 is 0. The van der Waals surface area contributed by atoms with Gasteiger partial charge in [-0.15, -0.1) is 0 Å². The highest BCUT2D eigenvalue weighted by Crippen LogP contribution is 2.34. The van der Waals surface area contributed by atoms with Gasteiger partial charge < -0.3 is 23.5 Å². The zero-order valence-electron chi connectivity index (χ0n) is 12.2. The zero-order chi connectivity index (χ0) is 14.7. The molecule has 1 spiro atoms. The first-order valence-electron chi connectivity index (χ1n) is 7.38. The SMILES string of the molecule is CCOC[C@@H]1C[C@@]2(COCCN2C(=O)c2ccco2)CO1. The third-order valence-corrected chi connectivity index (χ3v) is 4.08. The van der Waals surface area contributed by atoms with Crippen molar-refractivity contribution in [3.8, 4) is 0 Å². The zero-order valence-corrected chi connectivity index (χ0v) is 12.2. The van der Waals surface area contributed by atoms with E-state index < -0.39 is 5.54 Å². The Morgan fingerprint density at radius 2 is 2.43 bits per heavy atom. The Morgan fingerprint density at radius 1 is 1.52 bits per heavy atom. The van der Waals surface area contributed by atoms with E-state index in [2.05, 4.69) is 0 Å². The number of rotatable bonds is 4. The molecule has 6 nitrogen and oxygen atoms in total. The minimum absolute atomic E-state index is 0.0125. The van der Waals surface area contributed by atoms with Crippen molar-refractivity contribution < 1.29 is 23.4 Å². The molecular weight excluding hydrogens is 274 g/mol. The number of furan rings is 1. The van der Waals surface area contributed by atoms with Crippen molar-refractivity contribution in [3.63, 3.8) is 0 Å². The Labute approximate surface area is 123 Å². The lowest BCUT2D eigenvalue weighted by Crippen LogP contribution is -2.59. The van der Waals surface area contributed by atoms with Crippen LogP contribution in [0.5, 0.6) is 0 Å². The van der Waals surface area contributed by atoms with Crippen LogP contribution in [0.1, 0.15) is 23.9 Å². The molecule has 0 unspecified atom stereocenters. The van der Waals surface area contributed by atoms with E-state index in [0.717, 1.165) is 6.42 Å². The summed E-state index contributed by atoms with van der Waals surface area (Å²) in [4.78, 5) is 14.5. The van der Waals surface area contributed by atoms with Crippen LogP contribution in [0.15, 0.2) is 22.8 Å². The van der Waals surface area contributed by atoms with Gasteiger partial charge in [0, 0.05) is 19.6 Å². The highest BCUT2D eigenvalue weighted by molar-refractivity contribution is 5.92. The van der Waals surface area contributed by atoms with Crippen LogP contribution in [0, 0.1) is 0 Å². The van der Waals surface area contributed by atoms with Crippen LogP contribution in [0.4, 0.5) is 0 Å². The van der Waals surface area contributed by atoms with E-state index >= 15 is 0 Å². The monoisotopic (exact) mass is 295 g/mol. The summed E-state index contributed by atoms with van der Waals surface area (Å²) in [6.07, 6.45) is 2.27. The van der Waals surface area contributed by atoms with Gasteiger partial charge in [0.2, 0.25) is 0 Å². The maximum atomic E-state index is 12.6. The molecule has 6 heteroatoms. The first-order chi connectivity index (χ1) is 10.2. The smallest absolute Gasteiger partial charge is 0.290 e. The molecule has 2 aliphatic heterocycles. The van der Waals surface area contributed by atoms with Crippen LogP contribution in [-0.2, 0) is 14.2 Å². The molecule has 3 heterocycles. The lowest BCUT2D eigenvalue weighted by atomic mass is 9.93. The maximum absolute atomic E-state index is 12.6. The molecule has 21 heavy (non-hydrogen) atoms. The van der Waals surface area contributed by atoms with Gasteiger partial charge in [0.1, 0.15) is 0 Å². The summed E-state index contributed by atoms with van der Waals surface area (Å²) in [7, 11) is 0. The molecule has 0 radical (unpaired) electrons. The highest BCUT2D eigenvalue weighted by atomic mass is 16.5. The third kappa shape index (κ3) is 2.84. The van der Waals surface area contributed by atoms with Crippen molar-refractivity contribution in [2.45, 2.75) is 25.0 Å². The van der Waals surface area contributed by atoms with Crippen molar-refractivity contribution in [1.82, 2.24) is 4.90 Å². The quantitative estimate of drug-likeness (QED) is 0.838. The highest BCUT2D eigenvalue weighted by Gasteiger charge is 2.49. The van der Waals surface area contributed by atoms with Gasteiger partial charge in [-0.05, 0) is 19.1 Å². The molecule has 1 amide bonds. The fourth-order valence-electron chi connectivity index (χ4n) is 3.04. The first-order valence-corrected chi connectivity index (χ1v) is 7.38. The van der Waals surface area contributed by atoms with Gasteiger partial charge in [-0.3, -0.25) is 4.79 Å². The number of carbonyl (C=O) groups excluding carboxylic acids is 1. The van der Waals surface area contributed by atoms with E-state index in [-0.39, 0.29) is 12.0 Å². The molecular formula is C15H21NO5. The Morgan fingerprint density at radius 3 is 3.19 bits per heavy atom. The fraction of sp³-hybridized carbons (Fsp3) is 0.667. The van der Waals surface area contributed by atoms with E-state index in [4.69, 9.17) is 18.6 Å². The summed E-state index contributed by atoms with van der Waals surface area (Å²) < 4.78 is 22.1. The lowest BCUT2D eigenvalue weighted by molar-refractivity contribution is -0.0569. The van der Waals surface area contributed by atoms with Gasteiger partial charge in [0.25, 0.3) is 5.91 Å². The minimum atomic E-state index is -0.399. The van der Waals surface area contributed by atoms with Crippen molar-refractivity contribution in [2.75, 3.05) is 39.6 Å². The lowest BCUT2D eigenvalue weighted by Gasteiger charge is -2.43. The molecule has 2 fully saturated rings. The summed E-state index contributed by atoms with van der Waals surface area (Å²) in [6, 6.07) is 3.42. The molecule has 2 saturated heterocycles. The minimum Gasteiger partial charge on any atom is -0.459 e. The standard InChI is InChI=1S/C15H21NO5/c1-2-18-9-12-8-15(11-21-12)10-19-7-5-16(15)14(17)13-4-3-6-20-13/h3-4,6,12H,2,5,7-11H2,1H3/t12-,15+/m0/s1. The van der Waals surface area contributed by atoms with Crippen molar-refractivity contribution >= 4 is 5.91 Å². The van der Waals surface area contributed by atoms with Gasteiger partial charge in [-0.1, -0.05) is 0 Å². The Kier molecular flexibility index (Phi) is 4.28. The van der Waals surface area contributed by atoms with Crippen LogP contribution in [0.3, 0.4) is 0 Å². The second kappa shape index (κ2) is 6.17. The van der Waals surface area contributed by atoms with Gasteiger partial charge >= 0.3 is 0 Å². The molecule has 1 aromatic rings. The number of morpholine rings is 1. The second-order valence-electron chi connectivity index (χ2n) is 5.51. The van der Waals surface area contributed by atoms with Crippen molar-refractivity contribution in [3.05, 3.63) is 24.2 Å². The molecule has 2 aliphatic rings. The van der Waals surface area contributed by atoms with Crippen molar-refractivity contribution in [2.24, 2.45) is 0 Å². The summed E-state index contributed by atoms with van der Waals surface area (Å²) in [5.74, 6) is 0.272. The van der Waals surface area contributed by atoms with Crippen LogP contribution >= 0.6 is 0 Å². The van der Waals surface area contributed by atoms with Gasteiger partial charge in [0.15, 0.2) is 5.76 Å². The number of ether oxygens (including phenoxy) is 3. The van der Waals surface area contributed by atoms with E-state index in [9.17, 15) is 4.79 Å². The summed E-state index contributed by atoms with van der Waals surface area (Å²) in [5.41, 5.74) is -0.399. The first kappa shape index (κ1) is 14.6. The molecule has 116 valence electrons. The average Bonchev–Trinajstić information content (AvgIpc) is 3.16. The van der Waals surface area contributed by atoms with Crippen LogP contribution in [-0.4, -0.2) is 62.0 Å². The topological polar surface area (TPSA) is 61.1 Å². The van der Waals surface area contributed by atoms with Gasteiger partial charge in [0.05, 0.1) is 44.3 Å². The second-order valence-corrected chi connectivity index (χ2v) is 5.51. The Hall–Kier alpha value is -1.37. The predicted octanol–water partition coefficient (Wildman–Crippen LogP) is 1.32. The van der Waals surface area contributed by atoms with Gasteiger partial charge in [-0.2, -0.15) is 0 Å². The number of carbonyl (C=O) groups is 1. The molecule has 1 aromatic heterocycles. The van der Waals surface area contributed by atoms with Crippen molar-refractivity contribution in [1.29, 1.82) is 0 Å². The fourth-order valence-corrected chi connectivity index (χ4v) is 3.04. The number of hydrogen-bond donors (Lipinski definition) is 0. The molecule has 0 N–H and O–H groups in total. The van der Waals surface area contributed by atoms with E-state index in [0.29, 0.717) is 45.3 Å². The molecule has 0 aliphatic carbocycles. The third-order valence-electron chi connectivity index (χ3n) is 4.08. The summed E-state index contributed by atoms with van der Waals surface area (Å²) in [5, 5.41) is 0. The number of hydrogen-bond acceptors (Lipinski definition) is 5. The largest absolute Gasteiger partial charge is 0.459 e. The molecule has 0 aromatic carbocycles. The molecule has 2 atom stereocenters. The van der Waals surface area contributed by atoms with E-state index in [1.54, 1.807) is 12.1 Å². The average molecular weight is 295 g/mol. The van der Waals surface area contributed by atoms with Crippen LogP contribution in [0.25, 0.3) is 0 Å². The number of amides is 1. The van der Waals surface area contributed by atoms with Crippen LogP contribution < -0.4 is 0 Å². The predicted molar refractivity (Wildman–Crippen MR) is 74.1 cm³/mol. The summed E-state index contributed by atoms with van der Waals surface area (Å²) in [6.45, 7) is 5.27. The van der Waals surface area contributed by atoms with E-state index in [1.165, 1.54) is 6.26 Å². The Bertz CT molecular complexity index is 474. The van der Waals surface area contributed by atoms with E-state index in [1.807, 2.05) is 11.8 Å². The van der Waals surface area contributed by atoms with Gasteiger partial charge in [-0.25, -0.2) is 0 Å². The maximum Gasteiger partial charge on any atom is 0.290 e. The molecule has 0 saturated carbocycles. The molecule has 0 bridgehead atoms.